The van der Waals surface area contributed by atoms with E-state index < -0.39 is 15.9 Å². The van der Waals surface area contributed by atoms with Crippen LogP contribution in [-0.4, -0.2) is 48.5 Å². The van der Waals surface area contributed by atoms with Crippen LogP contribution in [0.4, 0.5) is 11.5 Å². The topological polar surface area (TPSA) is 134 Å². The Balaban J connectivity index is 1.38. The minimum atomic E-state index is -3.92. The van der Waals surface area contributed by atoms with E-state index in [4.69, 9.17) is 0 Å². The van der Waals surface area contributed by atoms with Crippen LogP contribution in [0.2, 0.25) is 0 Å². The average molecular weight is 481 g/mol. The molecule has 0 spiro atoms. The lowest BCUT2D eigenvalue weighted by Gasteiger charge is -2.32. The molecule has 11 heteroatoms. The average Bonchev–Trinajstić information content (AvgIpc) is 2.84. The molecule has 1 aliphatic heterocycles. The summed E-state index contributed by atoms with van der Waals surface area (Å²) in [4.78, 5) is 29.9. The van der Waals surface area contributed by atoms with Crippen molar-refractivity contribution in [3.05, 3.63) is 60.9 Å². The Hall–Kier alpha value is -3.86. The molecule has 0 aliphatic carbocycles. The normalized spacial score (nSPS) is 16.0. The molecular formula is C23H24N6O4S. The second kappa shape index (κ2) is 9.96. The summed E-state index contributed by atoms with van der Waals surface area (Å²) >= 11 is 0. The van der Waals surface area contributed by atoms with Gasteiger partial charge >= 0.3 is 0 Å². The fourth-order valence-electron chi connectivity index (χ4n) is 3.78. The minimum absolute atomic E-state index is 0.0571. The maximum Gasteiger partial charge on any atom is 0.264 e. The summed E-state index contributed by atoms with van der Waals surface area (Å²) in [7, 11) is -3.92. The number of rotatable bonds is 6. The Morgan fingerprint density at radius 1 is 1.00 bits per heavy atom. The number of nitrogens with one attached hydrogen (secondary N) is 2. The monoisotopic (exact) mass is 480 g/mol. The van der Waals surface area contributed by atoms with Crippen LogP contribution in [0.1, 0.15) is 19.8 Å². The standard InChI is InChI=1S/C23H24N6O4S/c1-16(30)28-34(32,33)20-6-4-19(5-7-20)25-23(31)18-3-2-14-29(15-18)22-9-8-21(26-27-22)17-10-12-24-13-11-17/h4-13,18H,2-3,14-15H2,1H3,(H,25,31)(H,28,30). The number of hydrogen-bond donors (Lipinski definition) is 2. The number of hydrogen-bond acceptors (Lipinski definition) is 8. The molecule has 1 saturated heterocycles. The fourth-order valence-corrected chi connectivity index (χ4v) is 4.77. The lowest BCUT2D eigenvalue weighted by molar-refractivity contribution is -0.120. The Morgan fingerprint density at radius 2 is 1.74 bits per heavy atom. The molecule has 0 bridgehead atoms. The number of aromatic nitrogens is 3. The molecule has 0 saturated carbocycles. The van der Waals surface area contributed by atoms with Crippen molar-refractivity contribution in [3.8, 4) is 11.3 Å². The van der Waals surface area contributed by atoms with Crippen LogP contribution in [0.15, 0.2) is 65.8 Å². The van der Waals surface area contributed by atoms with Crippen LogP contribution in [0.25, 0.3) is 11.3 Å². The largest absolute Gasteiger partial charge is 0.354 e. The molecule has 2 amide bonds. The third-order valence-electron chi connectivity index (χ3n) is 5.45. The summed E-state index contributed by atoms with van der Waals surface area (Å²) in [5.74, 6) is -0.361. The Labute approximate surface area is 197 Å². The SMILES string of the molecule is CC(=O)NS(=O)(=O)c1ccc(NC(=O)C2CCCN(c3ccc(-c4ccncc4)nn3)C2)cc1. The van der Waals surface area contributed by atoms with Crippen molar-refractivity contribution < 1.29 is 18.0 Å². The second-order valence-corrected chi connectivity index (χ2v) is 9.66. The fraction of sp³-hybridized carbons (Fsp3) is 0.261. The van der Waals surface area contributed by atoms with Gasteiger partial charge in [-0.2, -0.15) is 0 Å². The number of piperidine rings is 1. The first kappa shape index (κ1) is 23.3. The van der Waals surface area contributed by atoms with Crippen molar-refractivity contribution in [3.63, 3.8) is 0 Å². The minimum Gasteiger partial charge on any atom is -0.354 e. The molecule has 3 aromatic rings. The zero-order valence-corrected chi connectivity index (χ0v) is 19.3. The number of carbonyl (C=O) groups is 2. The predicted octanol–water partition coefficient (Wildman–Crippen LogP) is 2.22. The van der Waals surface area contributed by atoms with Gasteiger partial charge in [-0.3, -0.25) is 14.6 Å². The molecule has 2 aromatic heterocycles. The van der Waals surface area contributed by atoms with E-state index in [0.717, 1.165) is 37.6 Å². The molecule has 10 nitrogen and oxygen atoms in total. The highest BCUT2D eigenvalue weighted by molar-refractivity contribution is 7.90. The summed E-state index contributed by atoms with van der Waals surface area (Å²) in [5, 5.41) is 11.5. The van der Waals surface area contributed by atoms with Crippen molar-refractivity contribution in [1.82, 2.24) is 19.9 Å². The third kappa shape index (κ3) is 5.54. The lowest BCUT2D eigenvalue weighted by Crippen LogP contribution is -2.41. The van der Waals surface area contributed by atoms with E-state index in [0.29, 0.717) is 18.1 Å². The highest BCUT2D eigenvalue weighted by atomic mass is 32.2. The molecule has 34 heavy (non-hydrogen) atoms. The van der Waals surface area contributed by atoms with Gasteiger partial charge in [0.15, 0.2) is 5.82 Å². The third-order valence-corrected chi connectivity index (χ3v) is 6.90. The smallest absolute Gasteiger partial charge is 0.264 e. The second-order valence-electron chi connectivity index (χ2n) is 7.97. The van der Waals surface area contributed by atoms with Gasteiger partial charge in [-0.1, -0.05) is 0 Å². The van der Waals surface area contributed by atoms with Gasteiger partial charge in [-0.25, -0.2) is 13.1 Å². The maximum atomic E-state index is 12.9. The number of carbonyl (C=O) groups excluding carboxylic acids is 2. The van der Waals surface area contributed by atoms with Gasteiger partial charge in [0, 0.05) is 43.7 Å². The Bertz CT molecular complexity index is 1270. The summed E-state index contributed by atoms with van der Waals surface area (Å²) < 4.78 is 26.0. The molecule has 3 heterocycles. The summed E-state index contributed by atoms with van der Waals surface area (Å²) in [6, 6.07) is 13.2. The molecule has 1 atom stereocenters. The summed E-state index contributed by atoms with van der Waals surface area (Å²) in [6.45, 7) is 2.41. The van der Waals surface area contributed by atoms with Crippen LogP contribution in [-0.2, 0) is 19.6 Å². The number of nitrogens with zero attached hydrogens (tertiary/aromatic N) is 4. The quantitative estimate of drug-likeness (QED) is 0.548. The van der Waals surface area contributed by atoms with E-state index in [1.807, 2.05) is 33.9 Å². The molecule has 1 fully saturated rings. The highest BCUT2D eigenvalue weighted by Crippen LogP contribution is 2.24. The number of pyridine rings is 1. The van der Waals surface area contributed by atoms with Crippen LogP contribution in [0.5, 0.6) is 0 Å². The van der Waals surface area contributed by atoms with E-state index in [9.17, 15) is 18.0 Å². The van der Waals surface area contributed by atoms with Gasteiger partial charge < -0.3 is 10.2 Å². The van der Waals surface area contributed by atoms with Gasteiger partial charge in [-0.05, 0) is 61.4 Å². The number of anilines is 2. The molecular weight excluding hydrogens is 456 g/mol. The van der Waals surface area contributed by atoms with Gasteiger partial charge in [0.25, 0.3) is 10.0 Å². The molecule has 4 rings (SSSR count). The number of sulfonamides is 1. The van der Waals surface area contributed by atoms with E-state index in [-0.39, 0.29) is 16.7 Å². The lowest BCUT2D eigenvalue weighted by atomic mass is 9.97. The maximum absolute atomic E-state index is 12.9. The molecule has 2 N–H and O–H groups in total. The van der Waals surface area contributed by atoms with Crippen molar-refractivity contribution in [1.29, 1.82) is 0 Å². The van der Waals surface area contributed by atoms with E-state index in [1.165, 1.54) is 24.3 Å². The number of benzene rings is 1. The van der Waals surface area contributed by atoms with E-state index in [2.05, 4.69) is 20.5 Å². The Morgan fingerprint density at radius 3 is 2.38 bits per heavy atom. The number of amides is 2. The van der Waals surface area contributed by atoms with Crippen molar-refractivity contribution in [2.24, 2.45) is 5.92 Å². The summed E-state index contributed by atoms with van der Waals surface area (Å²) in [5.41, 5.74) is 2.16. The molecule has 1 aromatic carbocycles. The van der Waals surface area contributed by atoms with Gasteiger partial charge in [-0.15, -0.1) is 10.2 Å². The van der Waals surface area contributed by atoms with Crippen molar-refractivity contribution in [2.75, 3.05) is 23.3 Å². The van der Waals surface area contributed by atoms with Gasteiger partial charge in [0.1, 0.15) is 0 Å². The zero-order chi connectivity index (χ0) is 24.1. The highest BCUT2D eigenvalue weighted by Gasteiger charge is 2.27. The predicted molar refractivity (Wildman–Crippen MR) is 126 cm³/mol. The summed E-state index contributed by atoms with van der Waals surface area (Å²) in [6.07, 6.45) is 4.97. The van der Waals surface area contributed by atoms with Crippen LogP contribution in [0, 0.1) is 5.92 Å². The van der Waals surface area contributed by atoms with Crippen molar-refractivity contribution >= 4 is 33.3 Å². The van der Waals surface area contributed by atoms with Gasteiger partial charge in [0.2, 0.25) is 11.8 Å². The molecule has 176 valence electrons. The first-order valence-electron chi connectivity index (χ1n) is 10.8. The van der Waals surface area contributed by atoms with Crippen molar-refractivity contribution in [2.45, 2.75) is 24.7 Å². The van der Waals surface area contributed by atoms with Crippen LogP contribution < -0.4 is 14.9 Å². The molecule has 0 radical (unpaired) electrons. The zero-order valence-electron chi connectivity index (χ0n) is 18.5. The van der Waals surface area contributed by atoms with Crippen LogP contribution >= 0.6 is 0 Å². The first-order valence-corrected chi connectivity index (χ1v) is 12.2. The van der Waals surface area contributed by atoms with Gasteiger partial charge in [0.05, 0.1) is 16.5 Å². The van der Waals surface area contributed by atoms with E-state index >= 15 is 0 Å². The molecule has 1 unspecified atom stereocenters. The van der Waals surface area contributed by atoms with Crippen LogP contribution in [0.3, 0.4) is 0 Å². The first-order chi connectivity index (χ1) is 16.3. The Kier molecular flexibility index (Phi) is 6.82. The van der Waals surface area contributed by atoms with E-state index in [1.54, 1.807) is 12.4 Å². The molecule has 1 aliphatic rings.